The van der Waals surface area contributed by atoms with Crippen LogP contribution in [-0.2, 0) is 6.42 Å². The normalized spacial score (nSPS) is 16.7. The summed E-state index contributed by atoms with van der Waals surface area (Å²) in [7, 11) is 0. The van der Waals surface area contributed by atoms with Gasteiger partial charge in [-0.05, 0) is 19.4 Å². The molecule has 0 bridgehead atoms. The first-order valence-electron chi connectivity index (χ1n) is 8.36. The summed E-state index contributed by atoms with van der Waals surface area (Å²) in [5, 5.41) is 49.0. The predicted octanol–water partition coefficient (Wildman–Crippen LogP) is 2.35. The quantitative estimate of drug-likeness (QED) is 0.521. The van der Waals surface area contributed by atoms with Gasteiger partial charge in [0.1, 0.15) is 40.9 Å². The molecule has 27 heavy (non-hydrogen) atoms. The average Bonchev–Trinajstić information content (AvgIpc) is 2.61. The Kier molecular flexibility index (Phi) is 4.96. The van der Waals surface area contributed by atoms with Crippen LogP contribution >= 0.6 is 0 Å². The van der Waals surface area contributed by atoms with Gasteiger partial charge >= 0.3 is 0 Å². The third-order valence-electron chi connectivity index (χ3n) is 4.59. The number of benzene rings is 2. The topological polar surface area (TPSA) is 127 Å². The summed E-state index contributed by atoms with van der Waals surface area (Å²) < 4.78 is 5.70. The fourth-order valence-corrected chi connectivity index (χ4v) is 3.08. The van der Waals surface area contributed by atoms with Crippen molar-refractivity contribution in [3.8, 4) is 28.7 Å². The van der Waals surface area contributed by atoms with E-state index in [1.54, 1.807) is 13.0 Å². The molecule has 1 heterocycles. The van der Waals surface area contributed by atoms with E-state index >= 15 is 0 Å². The fourth-order valence-electron chi connectivity index (χ4n) is 3.08. The van der Waals surface area contributed by atoms with Gasteiger partial charge in [-0.2, -0.15) is 0 Å². The van der Waals surface area contributed by atoms with Crippen LogP contribution in [0.1, 0.15) is 34.3 Å². The lowest BCUT2D eigenvalue weighted by Crippen LogP contribution is -2.27. The maximum Gasteiger partial charge on any atom is 0.181 e. The SMILES string of the molecule is CC(=CCc1c(O)cc(O)c2c1OCC(c1ccc(O)cc1O)C2=O)CO. The highest BCUT2D eigenvalue weighted by molar-refractivity contribution is 6.07. The summed E-state index contributed by atoms with van der Waals surface area (Å²) in [6.07, 6.45) is 1.90. The Balaban J connectivity index is 2.05. The Labute approximate surface area is 155 Å². The monoisotopic (exact) mass is 372 g/mol. The number of hydrogen-bond donors (Lipinski definition) is 5. The molecule has 0 fully saturated rings. The highest BCUT2D eigenvalue weighted by atomic mass is 16.5. The summed E-state index contributed by atoms with van der Waals surface area (Å²) in [5.41, 5.74) is 1.22. The Morgan fingerprint density at radius 3 is 2.56 bits per heavy atom. The number of ether oxygens (including phenoxy) is 1. The molecule has 1 aliphatic heterocycles. The molecule has 7 heteroatoms. The molecule has 0 aliphatic carbocycles. The second kappa shape index (κ2) is 7.20. The minimum absolute atomic E-state index is 0.0680. The predicted molar refractivity (Wildman–Crippen MR) is 96.7 cm³/mol. The molecule has 7 nitrogen and oxygen atoms in total. The number of fused-ring (bicyclic) bond motifs is 1. The third-order valence-corrected chi connectivity index (χ3v) is 4.59. The number of aliphatic hydroxyl groups is 1. The number of aliphatic hydroxyl groups excluding tert-OH is 1. The fraction of sp³-hybridized carbons (Fsp3) is 0.250. The maximum atomic E-state index is 13.0. The molecule has 142 valence electrons. The summed E-state index contributed by atoms with van der Waals surface area (Å²) in [6.45, 7) is 1.49. The Morgan fingerprint density at radius 1 is 1.15 bits per heavy atom. The van der Waals surface area contributed by atoms with E-state index in [-0.39, 0.29) is 53.8 Å². The van der Waals surface area contributed by atoms with E-state index in [9.17, 15) is 25.2 Å². The first-order chi connectivity index (χ1) is 12.8. The molecule has 0 amide bonds. The van der Waals surface area contributed by atoms with E-state index in [0.717, 1.165) is 12.1 Å². The van der Waals surface area contributed by atoms with Crippen LogP contribution in [0.25, 0.3) is 0 Å². The van der Waals surface area contributed by atoms with E-state index in [1.807, 2.05) is 0 Å². The lowest BCUT2D eigenvalue weighted by atomic mass is 9.86. The number of carbonyl (C=O) groups is 1. The van der Waals surface area contributed by atoms with E-state index in [0.29, 0.717) is 11.1 Å². The van der Waals surface area contributed by atoms with Gasteiger partial charge in [-0.3, -0.25) is 4.79 Å². The van der Waals surface area contributed by atoms with Crippen molar-refractivity contribution in [3.05, 3.63) is 52.6 Å². The number of phenols is 4. The number of carbonyl (C=O) groups excluding carboxylic acids is 1. The average molecular weight is 372 g/mol. The number of ketones is 1. The van der Waals surface area contributed by atoms with Crippen LogP contribution in [0, 0.1) is 0 Å². The highest BCUT2D eigenvalue weighted by Gasteiger charge is 2.36. The first kappa shape index (κ1) is 18.6. The lowest BCUT2D eigenvalue weighted by molar-refractivity contribution is 0.0888. The minimum atomic E-state index is -0.865. The molecule has 1 unspecified atom stereocenters. The van der Waals surface area contributed by atoms with Gasteiger partial charge in [0.15, 0.2) is 5.78 Å². The van der Waals surface area contributed by atoms with Gasteiger partial charge in [0.2, 0.25) is 0 Å². The second-order valence-corrected chi connectivity index (χ2v) is 6.48. The van der Waals surface area contributed by atoms with Gasteiger partial charge < -0.3 is 30.3 Å². The molecule has 1 atom stereocenters. The zero-order valence-corrected chi connectivity index (χ0v) is 14.6. The molecule has 5 N–H and O–H groups in total. The molecule has 2 aromatic carbocycles. The number of hydrogen-bond acceptors (Lipinski definition) is 7. The molecule has 1 aliphatic rings. The van der Waals surface area contributed by atoms with Crippen molar-refractivity contribution < 1.29 is 35.1 Å². The van der Waals surface area contributed by atoms with Crippen LogP contribution in [0.2, 0.25) is 0 Å². The Bertz CT molecular complexity index is 930. The highest BCUT2D eigenvalue weighted by Crippen LogP contribution is 2.45. The van der Waals surface area contributed by atoms with Gasteiger partial charge in [-0.1, -0.05) is 17.7 Å². The van der Waals surface area contributed by atoms with Crippen LogP contribution in [0.4, 0.5) is 0 Å². The Morgan fingerprint density at radius 2 is 1.89 bits per heavy atom. The van der Waals surface area contributed by atoms with Crippen molar-refractivity contribution in [2.45, 2.75) is 19.3 Å². The van der Waals surface area contributed by atoms with E-state index in [1.165, 1.54) is 12.1 Å². The summed E-state index contributed by atoms with van der Waals surface area (Å²) in [4.78, 5) is 13.0. The molecule has 3 rings (SSSR count). The minimum Gasteiger partial charge on any atom is -0.508 e. The van der Waals surface area contributed by atoms with Crippen LogP contribution in [0.15, 0.2) is 35.9 Å². The Hall–Kier alpha value is -3.19. The standard InChI is InChI=1S/C20H20O7/c1-10(8-21)2-4-13-16(24)7-17(25)18-19(26)14(9-27-20(13)18)12-5-3-11(22)6-15(12)23/h2-3,5-7,14,21-25H,4,8-9H2,1H3. The molecule has 0 radical (unpaired) electrons. The number of Topliss-reactive ketones (excluding diaryl/α,β-unsaturated/α-hetero) is 1. The third kappa shape index (κ3) is 3.41. The van der Waals surface area contributed by atoms with Crippen molar-refractivity contribution in [3.63, 3.8) is 0 Å². The second-order valence-electron chi connectivity index (χ2n) is 6.48. The molecule has 0 aromatic heterocycles. The number of allylic oxidation sites excluding steroid dienone is 1. The summed E-state index contributed by atoms with van der Waals surface area (Å²) in [6, 6.07) is 4.98. The van der Waals surface area contributed by atoms with Gasteiger partial charge in [0.25, 0.3) is 0 Å². The summed E-state index contributed by atoms with van der Waals surface area (Å²) >= 11 is 0. The molecule has 0 saturated carbocycles. The molecular formula is C20H20O7. The van der Waals surface area contributed by atoms with Gasteiger partial charge in [0, 0.05) is 23.3 Å². The smallest absolute Gasteiger partial charge is 0.181 e. The van der Waals surface area contributed by atoms with Gasteiger partial charge in [0.05, 0.1) is 12.5 Å². The first-order valence-corrected chi connectivity index (χ1v) is 8.36. The largest absolute Gasteiger partial charge is 0.508 e. The lowest BCUT2D eigenvalue weighted by Gasteiger charge is -2.27. The van der Waals surface area contributed by atoms with Gasteiger partial charge in [-0.25, -0.2) is 0 Å². The summed E-state index contributed by atoms with van der Waals surface area (Å²) in [5.74, 6) is -2.25. The number of rotatable bonds is 4. The zero-order chi connectivity index (χ0) is 19.7. The van der Waals surface area contributed by atoms with Crippen LogP contribution in [0.3, 0.4) is 0 Å². The van der Waals surface area contributed by atoms with Crippen molar-refractivity contribution in [2.24, 2.45) is 0 Å². The van der Waals surface area contributed by atoms with Crippen LogP contribution in [0.5, 0.6) is 28.7 Å². The van der Waals surface area contributed by atoms with Crippen molar-refractivity contribution in [1.29, 1.82) is 0 Å². The van der Waals surface area contributed by atoms with Gasteiger partial charge in [-0.15, -0.1) is 0 Å². The van der Waals surface area contributed by atoms with E-state index < -0.39 is 17.5 Å². The van der Waals surface area contributed by atoms with Crippen molar-refractivity contribution >= 4 is 5.78 Å². The molecular weight excluding hydrogens is 352 g/mol. The van der Waals surface area contributed by atoms with E-state index in [4.69, 9.17) is 9.84 Å². The molecule has 0 saturated heterocycles. The van der Waals surface area contributed by atoms with E-state index in [2.05, 4.69) is 0 Å². The number of phenolic OH excluding ortho intramolecular Hbond substituents is 4. The molecule has 2 aromatic rings. The van der Waals surface area contributed by atoms with Crippen LogP contribution < -0.4 is 4.74 Å². The number of aromatic hydroxyl groups is 4. The van der Waals surface area contributed by atoms with Crippen LogP contribution in [-0.4, -0.2) is 44.5 Å². The molecule has 0 spiro atoms. The van der Waals surface area contributed by atoms with Crippen molar-refractivity contribution in [2.75, 3.05) is 13.2 Å². The van der Waals surface area contributed by atoms with Crippen molar-refractivity contribution in [1.82, 2.24) is 0 Å². The maximum absolute atomic E-state index is 13.0. The zero-order valence-electron chi connectivity index (χ0n) is 14.6.